The Kier molecular flexibility index (Phi) is 2.28. The van der Waals surface area contributed by atoms with E-state index in [9.17, 15) is 4.79 Å². The molecule has 3 heteroatoms. The van der Waals surface area contributed by atoms with Crippen LogP contribution in [0.4, 0.5) is 0 Å². The molecule has 3 N–H and O–H groups in total. The predicted molar refractivity (Wildman–Crippen MR) is 49.2 cm³/mol. The van der Waals surface area contributed by atoms with Gasteiger partial charge in [0.15, 0.2) is 0 Å². The molecular formula is C10H17NO2. The third kappa shape index (κ3) is 1.57. The van der Waals surface area contributed by atoms with Crippen molar-refractivity contribution < 1.29 is 9.90 Å². The lowest BCUT2D eigenvalue weighted by Crippen LogP contribution is -2.45. The number of hydrogen-bond acceptors (Lipinski definition) is 2. The smallest absolute Gasteiger partial charge is 0.307 e. The third-order valence-electron chi connectivity index (χ3n) is 3.66. The summed E-state index contributed by atoms with van der Waals surface area (Å²) in [5, 5.41) is 9.09. The van der Waals surface area contributed by atoms with Gasteiger partial charge in [0.1, 0.15) is 0 Å². The first-order valence-corrected chi connectivity index (χ1v) is 5.17. The lowest BCUT2D eigenvalue weighted by molar-refractivity contribution is -0.149. The van der Waals surface area contributed by atoms with E-state index in [2.05, 4.69) is 0 Å². The Morgan fingerprint density at radius 3 is 2.23 bits per heavy atom. The number of aliphatic carboxylic acids is 1. The van der Waals surface area contributed by atoms with Crippen molar-refractivity contribution in [3.8, 4) is 0 Å². The van der Waals surface area contributed by atoms with Gasteiger partial charge in [-0.3, -0.25) is 4.79 Å². The van der Waals surface area contributed by atoms with E-state index in [1.165, 1.54) is 6.42 Å². The lowest BCUT2D eigenvalue weighted by atomic mass is 9.63. The molecule has 0 saturated heterocycles. The number of carbonyl (C=O) groups is 1. The van der Waals surface area contributed by atoms with Gasteiger partial charge in [-0.2, -0.15) is 0 Å². The van der Waals surface area contributed by atoms with Crippen LogP contribution in [0.5, 0.6) is 0 Å². The van der Waals surface area contributed by atoms with Gasteiger partial charge in [-0.25, -0.2) is 0 Å². The van der Waals surface area contributed by atoms with Crippen molar-refractivity contribution in [2.75, 3.05) is 0 Å². The largest absolute Gasteiger partial charge is 0.481 e. The second-order valence-electron chi connectivity index (χ2n) is 4.55. The van der Waals surface area contributed by atoms with Gasteiger partial charge in [-0.1, -0.05) is 6.42 Å². The Balaban J connectivity index is 2.14. The molecule has 2 fully saturated rings. The maximum Gasteiger partial charge on any atom is 0.307 e. The summed E-state index contributed by atoms with van der Waals surface area (Å²) >= 11 is 0. The van der Waals surface area contributed by atoms with E-state index < -0.39 is 5.97 Å². The first kappa shape index (κ1) is 9.00. The number of nitrogens with two attached hydrogens (primary N) is 1. The van der Waals surface area contributed by atoms with Crippen molar-refractivity contribution >= 4 is 5.97 Å². The highest BCUT2D eigenvalue weighted by molar-refractivity contribution is 5.71. The van der Waals surface area contributed by atoms with E-state index in [0.717, 1.165) is 25.7 Å². The minimum atomic E-state index is -0.596. The molecular weight excluding hydrogens is 166 g/mol. The zero-order valence-corrected chi connectivity index (χ0v) is 7.78. The number of carboxylic acid groups (broad SMARTS) is 1. The molecule has 0 spiro atoms. The molecule has 2 unspecified atom stereocenters. The van der Waals surface area contributed by atoms with Gasteiger partial charge in [0.05, 0.1) is 5.92 Å². The number of fused-ring (bicyclic) bond motifs is 2. The summed E-state index contributed by atoms with van der Waals surface area (Å²) in [6.45, 7) is 0. The van der Waals surface area contributed by atoms with Crippen LogP contribution in [0.25, 0.3) is 0 Å². The van der Waals surface area contributed by atoms with E-state index in [0.29, 0.717) is 11.8 Å². The molecule has 0 heterocycles. The Morgan fingerprint density at radius 1 is 1.23 bits per heavy atom. The molecule has 0 aromatic rings. The van der Waals surface area contributed by atoms with Crippen LogP contribution < -0.4 is 5.73 Å². The van der Waals surface area contributed by atoms with E-state index in [1.807, 2.05) is 0 Å². The highest BCUT2D eigenvalue weighted by Gasteiger charge is 2.42. The molecule has 2 aliphatic rings. The van der Waals surface area contributed by atoms with Crippen molar-refractivity contribution in [1.29, 1.82) is 0 Å². The fourth-order valence-electron chi connectivity index (χ4n) is 3.19. The zero-order valence-electron chi connectivity index (χ0n) is 7.78. The van der Waals surface area contributed by atoms with Gasteiger partial charge in [0.25, 0.3) is 0 Å². The Bertz CT molecular complexity index is 203. The topological polar surface area (TPSA) is 63.3 Å². The molecule has 2 atom stereocenters. The van der Waals surface area contributed by atoms with Crippen molar-refractivity contribution in [2.24, 2.45) is 23.5 Å². The molecule has 2 aliphatic carbocycles. The quantitative estimate of drug-likeness (QED) is 0.642. The van der Waals surface area contributed by atoms with E-state index in [4.69, 9.17) is 10.8 Å². The fraction of sp³-hybridized carbons (Fsp3) is 0.900. The molecule has 2 saturated carbocycles. The van der Waals surface area contributed by atoms with Crippen LogP contribution >= 0.6 is 0 Å². The fourth-order valence-corrected chi connectivity index (χ4v) is 3.19. The predicted octanol–water partition coefficient (Wildman–Crippen LogP) is 1.22. The van der Waals surface area contributed by atoms with Crippen molar-refractivity contribution in [1.82, 2.24) is 0 Å². The van der Waals surface area contributed by atoms with Gasteiger partial charge < -0.3 is 10.8 Å². The summed E-state index contributed by atoms with van der Waals surface area (Å²) in [5.41, 5.74) is 5.89. The summed E-state index contributed by atoms with van der Waals surface area (Å²) in [5.74, 6) is 0.0372. The second kappa shape index (κ2) is 3.29. The molecule has 13 heavy (non-hydrogen) atoms. The minimum Gasteiger partial charge on any atom is -0.481 e. The molecule has 0 radical (unpaired) electrons. The van der Waals surface area contributed by atoms with Crippen LogP contribution in [-0.2, 0) is 4.79 Å². The van der Waals surface area contributed by atoms with E-state index in [-0.39, 0.29) is 12.0 Å². The maximum atomic E-state index is 11.0. The van der Waals surface area contributed by atoms with Gasteiger partial charge in [-0.05, 0) is 37.5 Å². The van der Waals surface area contributed by atoms with Gasteiger partial charge in [0.2, 0.25) is 0 Å². The third-order valence-corrected chi connectivity index (χ3v) is 3.66. The first-order valence-electron chi connectivity index (χ1n) is 5.17. The summed E-state index contributed by atoms with van der Waals surface area (Å²) in [6.07, 6.45) is 5.19. The maximum absolute atomic E-state index is 11.0. The number of hydrogen-bond donors (Lipinski definition) is 2. The second-order valence-corrected chi connectivity index (χ2v) is 4.55. The Labute approximate surface area is 78.3 Å². The van der Waals surface area contributed by atoms with Crippen LogP contribution in [-0.4, -0.2) is 17.1 Å². The van der Waals surface area contributed by atoms with Gasteiger partial charge in [-0.15, -0.1) is 0 Å². The van der Waals surface area contributed by atoms with Crippen LogP contribution in [0.2, 0.25) is 0 Å². The van der Waals surface area contributed by atoms with Crippen molar-refractivity contribution in [3.05, 3.63) is 0 Å². The molecule has 74 valence electrons. The monoisotopic (exact) mass is 183 g/mol. The summed E-state index contributed by atoms with van der Waals surface area (Å²) in [6, 6.07) is 0.255. The molecule has 0 aliphatic heterocycles. The van der Waals surface area contributed by atoms with Crippen LogP contribution in [0.15, 0.2) is 0 Å². The molecule has 0 aromatic heterocycles. The van der Waals surface area contributed by atoms with E-state index in [1.54, 1.807) is 0 Å². The summed E-state index contributed by atoms with van der Waals surface area (Å²) in [7, 11) is 0. The normalized spacial score (nSPS) is 44.4. The summed E-state index contributed by atoms with van der Waals surface area (Å²) < 4.78 is 0. The highest BCUT2D eigenvalue weighted by atomic mass is 16.4. The Hall–Kier alpha value is -0.570. The zero-order chi connectivity index (χ0) is 9.42. The standard InChI is InChI=1S/C10H17NO2/c11-8-4-6-2-1-3-7(5-8)9(6)10(12)13/h6-9H,1-5,11H2,(H,12,13). The molecule has 2 rings (SSSR count). The van der Waals surface area contributed by atoms with Gasteiger partial charge >= 0.3 is 5.97 Å². The van der Waals surface area contributed by atoms with Crippen LogP contribution in [0.3, 0.4) is 0 Å². The molecule has 2 bridgehead atoms. The first-order chi connectivity index (χ1) is 6.18. The number of carboxylic acids is 1. The number of rotatable bonds is 1. The SMILES string of the molecule is NC1CC2CCCC(C1)C2C(=O)O. The average molecular weight is 183 g/mol. The minimum absolute atomic E-state index is 0.0893. The average Bonchev–Trinajstić information content (AvgIpc) is 2.01. The summed E-state index contributed by atoms with van der Waals surface area (Å²) in [4.78, 5) is 11.0. The van der Waals surface area contributed by atoms with Crippen LogP contribution in [0.1, 0.15) is 32.1 Å². The highest BCUT2D eigenvalue weighted by Crippen LogP contribution is 2.44. The van der Waals surface area contributed by atoms with Gasteiger partial charge in [0, 0.05) is 6.04 Å². The van der Waals surface area contributed by atoms with Crippen molar-refractivity contribution in [2.45, 2.75) is 38.1 Å². The van der Waals surface area contributed by atoms with Crippen LogP contribution in [0, 0.1) is 17.8 Å². The molecule has 0 aromatic carbocycles. The Morgan fingerprint density at radius 2 is 1.77 bits per heavy atom. The molecule has 0 amide bonds. The van der Waals surface area contributed by atoms with Crippen molar-refractivity contribution in [3.63, 3.8) is 0 Å². The lowest BCUT2D eigenvalue weighted by Gasteiger charge is -2.42. The molecule has 3 nitrogen and oxygen atoms in total. The van der Waals surface area contributed by atoms with E-state index >= 15 is 0 Å².